The van der Waals surface area contributed by atoms with Crippen LogP contribution in [0.1, 0.15) is 21.6 Å². The molecule has 0 spiro atoms. The van der Waals surface area contributed by atoms with E-state index in [4.69, 9.17) is 0 Å². The number of carboxylic acid groups (broad SMARTS) is 1. The molecule has 0 unspecified atom stereocenters. The van der Waals surface area contributed by atoms with E-state index in [1.54, 1.807) is 13.0 Å². The number of phenolic OH excluding ortho intramolecular Hbond substituents is 1. The normalized spacial score (nSPS) is 10.7. The molecule has 0 saturated heterocycles. The third-order valence-corrected chi connectivity index (χ3v) is 3.42. The number of aromatic nitrogens is 3. The molecule has 0 aliphatic carbocycles. The fourth-order valence-electron chi connectivity index (χ4n) is 2.42. The van der Waals surface area contributed by atoms with Gasteiger partial charge in [-0.3, -0.25) is 5.10 Å². The van der Waals surface area contributed by atoms with Crippen molar-refractivity contribution in [2.45, 2.75) is 6.92 Å². The maximum Gasteiger partial charge on any atom is 0.337 e. The molecule has 23 heavy (non-hydrogen) atoms. The van der Waals surface area contributed by atoms with Crippen molar-refractivity contribution in [3.05, 3.63) is 40.8 Å². The number of benzene rings is 1. The van der Waals surface area contributed by atoms with Crippen molar-refractivity contribution < 1.29 is 19.4 Å². The minimum absolute atomic E-state index is 0.0707. The molecule has 0 radical (unpaired) electrons. The van der Waals surface area contributed by atoms with Crippen molar-refractivity contribution in [3.8, 4) is 23.1 Å². The summed E-state index contributed by atoms with van der Waals surface area (Å²) >= 11 is 0. The molecule has 3 aromatic rings. The van der Waals surface area contributed by atoms with Gasteiger partial charge < -0.3 is 10.2 Å². The first-order chi connectivity index (χ1) is 10.9. The number of nitriles is 1. The molecule has 7 nitrogen and oxygen atoms in total. The minimum Gasteiger partial charge on any atom is -0.508 e. The van der Waals surface area contributed by atoms with Gasteiger partial charge in [-0.1, -0.05) is 0 Å². The van der Waals surface area contributed by atoms with Crippen LogP contribution in [0, 0.1) is 24.1 Å². The summed E-state index contributed by atoms with van der Waals surface area (Å²) in [5.74, 6) is -2.45. The summed E-state index contributed by atoms with van der Waals surface area (Å²) in [7, 11) is 0. The number of nitrogens with one attached hydrogen (secondary N) is 1. The van der Waals surface area contributed by atoms with E-state index >= 15 is 0 Å². The number of aryl methyl sites for hydroxylation is 1. The number of nitrogens with zero attached hydrogens (tertiary/aromatic N) is 3. The molecule has 2 aromatic heterocycles. The summed E-state index contributed by atoms with van der Waals surface area (Å²) < 4.78 is 14.1. The number of aromatic amines is 1. The second-order valence-corrected chi connectivity index (χ2v) is 4.84. The highest BCUT2D eigenvalue weighted by Gasteiger charge is 2.25. The Balaban J connectivity index is 2.47. The zero-order valence-electron chi connectivity index (χ0n) is 11.8. The van der Waals surface area contributed by atoms with E-state index in [2.05, 4.69) is 15.2 Å². The largest absolute Gasteiger partial charge is 0.508 e. The maximum absolute atomic E-state index is 14.1. The van der Waals surface area contributed by atoms with Crippen molar-refractivity contribution in [2.24, 2.45) is 0 Å². The molecule has 0 fully saturated rings. The van der Waals surface area contributed by atoms with Gasteiger partial charge in [-0.05, 0) is 19.1 Å². The third-order valence-electron chi connectivity index (χ3n) is 3.42. The Kier molecular flexibility index (Phi) is 3.19. The van der Waals surface area contributed by atoms with Crippen LogP contribution < -0.4 is 0 Å². The molecule has 1 aromatic carbocycles. The number of aromatic hydroxyl groups is 1. The lowest BCUT2D eigenvalue weighted by Gasteiger charge is -2.09. The number of halogens is 1. The van der Waals surface area contributed by atoms with Crippen molar-refractivity contribution >= 4 is 17.0 Å². The minimum atomic E-state index is -1.33. The quantitative estimate of drug-likeness (QED) is 0.667. The summed E-state index contributed by atoms with van der Waals surface area (Å²) in [5.41, 5.74) is -0.267. The van der Waals surface area contributed by atoms with E-state index in [9.17, 15) is 24.7 Å². The zero-order chi connectivity index (χ0) is 16.7. The number of H-pyrrole nitrogens is 1. The zero-order valence-corrected chi connectivity index (χ0v) is 11.8. The van der Waals surface area contributed by atoms with E-state index in [-0.39, 0.29) is 39.2 Å². The van der Waals surface area contributed by atoms with E-state index < -0.39 is 11.8 Å². The smallest absolute Gasteiger partial charge is 0.337 e. The Morgan fingerprint density at radius 1 is 1.43 bits per heavy atom. The first kappa shape index (κ1) is 14.5. The van der Waals surface area contributed by atoms with Gasteiger partial charge in [-0.25, -0.2) is 14.2 Å². The Bertz CT molecular complexity index is 1000. The van der Waals surface area contributed by atoms with Crippen LogP contribution in [-0.2, 0) is 0 Å². The second kappa shape index (κ2) is 5.06. The molecule has 8 heteroatoms. The lowest BCUT2D eigenvalue weighted by molar-refractivity contribution is 0.0698. The monoisotopic (exact) mass is 312 g/mol. The van der Waals surface area contributed by atoms with Gasteiger partial charge in [0.1, 0.15) is 17.6 Å². The average Bonchev–Trinajstić information content (AvgIpc) is 2.86. The predicted octanol–water partition coefficient (Wildman–Crippen LogP) is 2.35. The maximum atomic E-state index is 14.1. The van der Waals surface area contributed by atoms with Crippen LogP contribution in [0.25, 0.3) is 22.3 Å². The number of carbonyl (C=O) groups is 1. The number of fused-ring (bicyclic) bond motifs is 1. The number of pyridine rings is 1. The highest BCUT2D eigenvalue weighted by atomic mass is 19.1. The van der Waals surface area contributed by atoms with E-state index in [1.807, 2.05) is 0 Å². The summed E-state index contributed by atoms with van der Waals surface area (Å²) in [6.45, 7) is 1.60. The fraction of sp³-hybridized carbons (Fsp3) is 0.0667. The summed E-state index contributed by atoms with van der Waals surface area (Å²) in [6, 6.07) is 5.09. The molecule has 0 aliphatic rings. The average molecular weight is 312 g/mol. The standard InChI is InChI=1S/C15H9FN4O3/c1-6-11-12(15(22)23)9(5-17)13(18-14(11)20-19-6)8-3-2-7(21)4-10(8)16/h2-4,21H,1H3,(H,22,23)(H,18,19,20). The highest BCUT2D eigenvalue weighted by Crippen LogP contribution is 2.32. The van der Waals surface area contributed by atoms with Crippen LogP contribution in [0.3, 0.4) is 0 Å². The molecular weight excluding hydrogens is 303 g/mol. The van der Waals surface area contributed by atoms with Crippen LogP contribution in [0.15, 0.2) is 18.2 Å². The molecule has 114 valence electrons. The van der Waals surface area contributed by atoms with Crippen molar-refractivity contribution in [1.29, 1.82) is 5.26 Å². The lowest BCUT2D eigenvalue weighted by Crippen LogP contribution is -2.06. The van der Waals surface area contributed by atoms with Gasteiger partial charge in [-0.15, -0.1) is 0 Å². The van der Waals surface area contributed by atoms with Gasteiger partial charge in [0.05, 0.1) is 22.2 Å². The predicted molar refractivity (Wildman–Crippen MR) is 77.4 cm³/mol. The van der Waals surface area contributed by atoms with Crippen LogP contribution in [-0.4, -0.2) is 31.4 Å². The molecule has 0 saturated carbocycles. The Labute approximate surface area is 128 Å². The SMILES string of the molecule is Cc1[nH]nc2nc(-c3ccc(O)cc3F)c(C#N)c(C(=O)O)c12. The fourth-order valence-corrected chi connectivity index (χ4v) is 2.42. The molecule has 0 atom stereocenters. The number of phenols is 1. The first-order valence-corrected chi connectivity index (χ1v) is 6.45. The molecular formula is C15H9FN4O3. The summed E-state index contributed by atoms with van der Waals surface area (Å²) in [6.07, 6.45) is 0. The highest BCUT2D eigenvalue weighted by molar-refractivity contribution is 6.06. The molecule has 0 aliphatic heterocycles. The van der Waals surface area contributed by atoms with Gasteiger partial charge in [-0.2, -0.15) is 10.4 Å². The van der Waals surface area contributed by atoms with E-state index in [0.29, 0.717) is 5.69 Å². The Morgan fingerprint density at radius 3 is 2.78 bits per heavy atom. The van der Waals surface area contributed by atoms with Crippen molar-refractivity contribution in [3.63, 3.8) is 0 Å². The van der Waals surface area contributed by atoms with E-state index in [1.165, 1.54) is 12.1 Å². The number of hydrogen-bond acceptors (Lipinski definition) is 5. The molecule has 0 amide bonds. The van der Waals surface area contributed by atoms with Gasteiger partial charge in [0.15, 0.2) is 5.65 Å². The topological polar surface area (TPSA) is 123 Å². The lowest BCUT2D eigenvalue weighted by atomic mass is 9.98. The second-order valence-electron chi connectivity index (χ2n) is 4.84. The van der Waals surface area contributed by atoms with E-state index in [0.717, 1.165) is 6.07 Å². The van der Waals surface area contributed by atoms with Gasteiger partial charge in [0.2, 0.25) is 0 Å². The molecule has 3 rings (SSSR count). The van der Waals surface area contributed by atoms with Crippen LogP contribution >= 0.6 is 0 Å². The van der Waals surface area contributed by atoms with Crippen molar-refractivity contribution in [1.82, 2.24) is 15.2 Å². The number of carboxylic acids is 1. The number of rotatable bonds is 2. The van der Waals surface area contributed by atoms with Gasteiger partial charge in [0.25, 0.3) is 0 Å². The summed E-state index contributed by atoms with van der Waals surface area (Å²) in [4.78, 5) is 15.7. The van der Waals surface area contributed by atoms with Gasteiger partial charge >= 0.3 is 5.97 Å². The first-order valence-electron chi connectivity index (χ1n) is 6.45. The molecule has 3 N–H and O–H groups in total. The van der Waals surface area contributed by atoms with Gasteiger partial charge in [0, 0.05) is 17.3 Å². The third kappa shape index (κ3) is 2.15. The Hall–Kier alpha value is -3.47. The van der Waals surface area contributed by atoms with Crippen LogP contribution in [0.5, 0.6) is 5.75 Å². The van der Waals surface area contributed by atoms with Crippen molar-refractivity contribution in [2.75, 3.05) is 0 Å². The van der Waals surface area contributed by atoms with Crippen LogP contribution in [0.4, 0.5) is 4.39 Å². The number of hydrogen-bond donors (Lipinski definition) is 3. The Morgan fingerprint density at radius 2 is 2.17 bits per heavy atom. The summed E-state index contributed by atoms with van der Waals surface area (Å²) in [5, 5.41) is 34.8. The molecule has 0 bridgehead atoms. The molecule has 2 heterocycles. The van der Waals surface area contributed by atoms with Crippen LogP contribution in [0.2, 0.25) is 0 Å². The number of aromatic carboxylic acids is 1.